The van der Waals surface area contributed by atoms with Crippen LogP contribution in [0.2, 0.25) is 0 Å². The second-order valence-corrected chi connectivity index (χ2v) is 8.79. The first-order chi connectivity index (χ1) is 15.9. The van der Waals surface area contributed by atoms with Gasteiger partial charge in [-0.2, -0.15) is 0 Å². The Kier molecular flexibility index (Phi) is 7.06. The zero-order valence-corrected chi connectivity index (χ0v) is 19.2. The minimum absolute atomic E-state index is 0.0118. The maximum Gasteiger partial charge on any atom is 0.255 e. The molecule has 3 aromatic rings. The summed E-state index contributed by atoms with van der Waals surface area (Å²) in [7, 11) is 0. The van der Waals surface area contributed by atoms with Gasteiger partial charge in [0.05, 0.1) is 30.9 Å². The molecular weight excluding hydrogens is 414 g/mol. The van der Waals surface area contributed by atoms with Crippen molar-refractivity contribution in [1.29, 1.82) is 0 Å². The summed E-state index contributed by atoms with van der Waals surface area (Å²) in [5, 5.41) is 12.4. The highest BCUT2D eigenvalue weighted by atomic mass is 16.5. The van der Waals surface area contributed by atoms with Crippen LogP contribution in [0, 0.1) is 13.8 Å². The van der Waals surface area contributed by atoms with Crippen molar-refractivity contribution >= 4 is 11.7 Å². The van der Waals surface area contributed by atoms with E-state index in [2.05, 4.69) is 42.3 Å². The van der Waals surface area contributed by atoms with Gasteiger partial charge in [-0.15, -0.1) is 0 Å². The molecule has 1 saturated carbocycles. The van der Waals surface area contributed by atoms with Gasteiger partial charge in [0.2, 0.25) is 0 Å². The highest BCUT2D eigenvalue weighted by Gasteiger charge is 2.30. The highest BCUT2D eigenvalue weighted by Crippen LogP contribution is 2.26. The average molecular weight is 446 g/mol. The third-order valence-electron chi connectivity index (χ3n) is 6.44. The van der Waals surface area contributed by atoms with Crippen LogP contribution in [0.25, 0.3) is 11.1 Å². The van der Waals surface area contributed by atoms with Gasteiger partial charge in [-0.3, -0.25) is 4.79 Å². The zero-order valence-electron chi connectivity index (χ0n) is 19.2. The van der Waals surface area contributed by atoms with Gasteiger partial charge in [0, 0.05) is 11.8 Å². The predicted molar refractivity (Wildman–Crippen MR) is 130 cm³/mol. The normalized spacial score (nSPS) is 17.8. The van der Waals surface area contributed by atoms with Crippen molar-refractivity contribution in [3.05, 3.63) is 82.5 Å². The van der Waals surface area contributed by atoms with Crippen LogP contribution in [0.5, 0.6) is 0 Å². The van der Waals surface area contributed by atoms with E-state index >= 15 is 0 Å². The number of carbonyl (C=O) groups is 1. The van der Waals surface area contributed by atoms with Gasteiger partial charge in [-0.1, -0.05) is 42.5 Å². The monoisotopic (exact) mass is 445 g/mol. The molecule has 0 spiro atoms. The molecule has 1 aliphatic rings. The van der Waals surface area contributed by atoms with Crippen LogP contribution in [0.3, 0.4) is 0 Å². The number of carbonyl (C=O) groups excluding carboxylic acids is 1. The number of nitrogens with two attached hydrogens (primary N) is 1. The molecule has 6 heteroatoms. The average Bonchev–Trinajstić information content (AvgIpc) is 3.27. The molecule has 6 nitrogen and oxygen atoms in total. The van der Waals surface area contributed by atoms with Gasteiger partial charge in [-0.25, -0.2) is 4.98 Å². The molecule has 4 N–H and O–H groups in total. The number of hydrogen-bond acceptors (Lipinski definition) is 5. The van der Waals surface area contributed by atoms with Crippen LogP contribution in [-0.2, 0) is 18.0 Å². The summed E-state index contributed by atoms with van der Waals surface area (Å²) >= 11 is 0. The van der Waals surface area contributed by atoms with Gasteiger partial charge in [0.15, 0.2) is 0 Å². The molecule has 1 aliphatic carbocycles. The zero-order chi connectivity index (χ0) is 23.4. The predicted octanol–water partition coefficient (Wildman–Crippen LogP) is 4.31. The fourth-order valence-electron chi connectivity index (χ4n) is 4.25. The summed E-state index contributed by atoms with van der Waals surface area (Å²) in [4.78, 5) is 17.3. The lowest BCUT2D eigenvalue weighted by Crippen LogP contribution is -2.41. The second kappa shape index (κ2) is 10.1. The van der Waals surface area contributed by atoms with E-state index in [1.54, 1.807) is 12.3 Å². The summed E-state index contributed by atoms with van der Waals surface area (Å²) in [5.74, 6) is -0.0330. The number of aromatic nitrogens is 1. The molecule has 4 rings (SSSR count). The number of aryl methyl sites for hydroxylation is 2. The Hall–Kier alpha value is -3.22. The largest absolute Gasteiger partial charge is 0.392 e. The molecule has 2 atom stereocenters. The Balaban J connectivity index is 1.43. The fourth-order valence-corrected chi connectivity index (χ4v) is 4.25. The number of benzene rings is 2. The van der Waals surface area contributed by atoms with Crippen LogP contribution in [-0.4, -0.2) is 28.1 Å². The molecule has 0 unspecified atom stereocenters. The first kappa shape index (κ1) is 23.0. The van der Waals surface area contributed by atoms with Crippen LogP contribution in [0.1, 0.15) is 51.9 Å². The van der Waals surface area contributed by atoms with E-state index in [9.17, 15) is 9.90 Å². The smallest absolute Gasteiger partial charge is 0.255 e. The lowest BCUT2D eigenvalue weighted by atomic mass is 10.0. The van der Waals surface area contributed by atoms with Crippen molar-refractivity contribution in [3.8, 4) is 11.1 Å². The molecule has 1 heterocycles. The number of aliphatic hydroxyl groups is 1. The Morgan fingerprint density at radius 3 is 2.55 bits per heavy atom. The Labute approximate surface area is 194 Å². The van der Waals surface area contributed by atoms with E-state index in [1.165, 1.54) is 11.1 Å². The Morgan fingerprint density at radius 2 is 1.82 bits per heavy atom. The number of amides is 1. The van der Waals surface area contributed by atoms with Crippen LogP contribution >= 0.6 is 0 Å². The van der Waals surface area contributed by atoms with E-state index in [4.69, 9.17) is 10.5 Å². The summed E-state index contributed by atoms with van der Waals surface area (Å²) < 4.78 is 6.20. The molecule has 1 aromatic heterocycles. The van der Waals surface area contributed by atoms with Crippen molar-refractivity contribution in [2.24, 2.45) is 0 Å². The molecule has 0 saturated heterocycles. The fraction of sp³-hybridized carbons (Fsp3) is 0.333. The number of aliphatic hydroxyl groups excluding tert-OH is 1. The number of ether oxygens (including phenoxy) is 1. The topological polar surface area (TPSA) is 97.5 Å². The van der Waals surface area contributed by atoms with E-state index in [1.807, 2.05) is 24.3 Å². The number of pyridine rings is 1. The van der Waals surface area contributed by atoms with E-state index < -0.39 is 0 Å². The molecule has 1 amide bonds. The lowest BCUT2D eigenvalue weighted by Gasteiger charge is -2.22. The summed E-state index contributed by atoms with van der Waals surface area (Å²) in [5.41, 5.74) is 12.6. The van der Waals surface area contributed by atoms with Gasteiger partial charge in [0.25, 0.3) is 5.91 Å². The van der Waals surface area contributed by atoms with Gasteiger partial charge in [0.1, 0.15) is 5.82 Å². The van der Waals surface area contributed by atoms with Gasteiger partial charge >= 0.3 is 0 Å². The molecule has 2 aromatic carbocycles. The van der Waals surface area contributed by atoms with Gasteiger partial charge in [-0.05, 0) is 67.0 Å². The second-order valence-electron chi connectivity index (χ2n) is 8.79. The SMILES string of the molecule is Cc1ccc(CO[C@H]2CCC[C@@H]2NC(=O)c2cc(-c3ccc(CO)cc3)cnc2N)cc1C. The van der Waals surface area contributed by atoms with Crippen molar-refractivity contribution in [2.45, 2.75) is 58.5 Å². The number of anilines is 1. The minimum Gasteiger partial charge on any atom is -0.392 e. The first-order valence-corrected chi connectivity index (χ1v) is 11.4. The minimum atomic E-state index is -0.236. The van der Waals surface area contributed by atoms with Crippen molar-refractivity contribution in [3.63, 3.8) is 0 Å². The van der Waals surface area contributed by atoms with E-state index in [0.717, 1.165) is 41.5 Å². The molecule has 0 radical (unpaired) electrons. The third-order valence-corrected chi connectivity index (χ3v) is 6.44. The molecule has 172 valence electrons. The molecule has 1 fully saturated rings. The standard InChI is InChI=1S/C27H31N3O3/c1-17-6-7-20(12-18(17)2)16-33-25-5-3-4-24(25)30-27(32)23-13-22(14-29-26(23)28)21-10-8-19(15-31)9-11-21/h6-14,24-25,31H,3-5,15-16H2,1-2H3,(H2,28,29)(H,30,32)/t24-,25-/m0/s1. The third kappa shape index (κ3) is 5.41. The lowest BCUT2D eigenvalue weighted by molar-refractivity contribution is 0.0272. The number of nitrogens with zero attached hydrogens (tertiary/aromatic N) is 1. The Bertz CT molecular complexity index is 1130. The van der Waals surface area contributed by atoms with Crippen molar-refractivity contribution in [2.75, 3.05) is 5.73 Å². The summed E-state index contributed by atoms with van der Waals surface area (Å²) in [6.45, 7) is 4.72. The summed E-state index contributed by atoms with van der Waals surface area (Å²) in [6.07, 6.45) is 4.43. The molecule has 33 heavy (non-hydrogen) atoms. The number of nitrogens with one attached hydrogen (secondary N) is 1. The van der Waals surface area contributed by atoms with E-state index in [0.29, 0.717) is 12.2 Å². The number of nitrogen functional groups attached to an aromatic ring is 1. The van der Waals surface area contributed by atoms with Gasteiger partial charge < -0.3 is 20.9 Å². The Morgan fingerprint density at radius 1 is 1.06 bits per heavy atom. The van der Waals surface area contributed by atoms with E-state index in [-0.39, 0.29) is 30.5 Å². The quantitative estimate of drug-likeness (QED) is 0.504. The highest BCUT2D eigenvalue weighted by molar-refractivity contribution is 5.99. The molecular formula is C27H31N3O3. The van der Waals surface area contributed by atoms with Crippen LogP contribution in [0.4, 0.5) is 5.82 Å². The molecule has 0 bridgehead atoms. The summed E-state index contributed by atoms with van der Waals surface area (Å²) in [6, 6.07) is 15.6. The van der Waals surface area contributed by atoms with Crippen molar-refractivity contribution in [1.82, 2.24) is 10.3 Å². The maximum atomic E-state index is 13.1. The number of hydrogen-bond donors (Lipinski definition) is 3. The number of rotatable bonds is 7. The molecule has 0 aliphatic heterocycles. The maximum absolute atomic E-state index is 13.1. The van der Waals surface area contributed by atoms with Crippen LogP contribution < -0.4 is 11.1 Å². The van der Waals surface area contributed by atoms with Crippen molar-refractivity contribution < 1.29 is 14.6 Å². The van der Waals surface area contributed by atoms with Crippen LogP contribution in [0.15, 0.2) is 54.7 Å². The first-order valence-electron chi connectivity index (χ1n) is 11.4.